The number of hydrogen-bond acceptors (Lipinski definition) is 3. The summed E-state index contributed by atoms with van der Waals surface area (Å²) in [5.74, 6) is 0.216. The second-order valence-corrected chi connectivity index (χ2v) is 4.61. The molecule has 17 heavy (non-hydrogen) atoms. The van der Waals surface area contributed by atoms with Crippen molar-refractivity contribution in [3.8, 4) is 0 Å². The molecule has 1 aliphatic carbocycles. The number of aliphatic hydroxyl groups excluding tert-OH is 1. The molecule has 1 aliphatic rings. The van der Waals surface area contributed by atoms with Crippen molar-refractivity contribution in [3.63, 3.8) is 0 Å². The summed E-state index contributed by atoms with van der Waals surface area (Å²) in [6, 6.07) is 0. The number of ether oxygens (including phenoxy) is 1. The number of likely N-dealkylation sites (N-methyl/N-ethyl adjacent to an activating group) is 1. The Hall–Kier alpha value is -0.330. The Balaban J connectivity index is 2.55. The molecule has 2 unspecified atom stereocenters. The van der Waals surface area contributed by atoms with Crippen LogP contribution >= 0.6 is 0 Å². The van der Waals surface area contributed by atoms with E-state index in [1.807, 2.05) is 6.92 Å². The van der Waals surface area contributed by atoms with Crippen molar-refractivity contribution < 1.29 is 23.0 Å². The number of hydrogen-bond donors (Lipinski definition) is 2. The van der Waals surface area contributed by atoms with Gasteiger partial charge in [-0.25, -0.2) is 0 Å². The van der Waals surface area contributed by atoms with Gasteiger partial charge in [-0.1, -0.05) is 6.92 Å². The molecule has 2 N–H and O–H groups in total. The smallest absolute Gasteiger partial charge is 0.394 e. The number of alkyl halides is 3. The summed E-state index contributed by atoms with van der Waals surface area (Å²) in [6.45, 7) is 3.14. The lowest BCUT2D eigenvalue weighted by atomic mass is 9.95. The molecule has 0 heterocycles. The Kier molecular flexibility index (Phi) is 4.80. The monoisotopic (exact) mass is 255 g/mol. The van der Waals surface area contributed by atoms with Crippen molar-refractivity contribution in [1.29, 1.82) is 0 Å². The fraction of sp³-hybridized carbons (Fsp3) is 1.00. The van der Waals surface area contributed by atoms with Crippen molar-refractivity contribution in [1.82, 2.24) is 5.32 Å². The lowest BCUT2D eigenvalue weighted by Gasteiger charge is -2.34. The normalized spacial score (nSPS) is 22.2. The molecule has 0 saturated heterocycles. The van der Waals surface area contributed by atoms with Gasteiger partial charge in [0.2, 0.25) is 0 Å². The first-order chi connectivity index (χ1) is 7.85. The maximum atomic E-state index is 12.3. The lowest BCUT2D eigenvalue weighted by Crippen LogP contribution is -2.55. The summed E-state index contributed by atoms with van der Waals surface area (Å²) in [6.07, 6.45) is -4.29. The van der Waals surface area contributed by atoms with E-state index in [0.29, 0.717) is 6.54 Å². The highest BCUT2D eigenvalue weighted by atomic mass is 19.4. The van der Waals surface area contributed by atoms with Gasteiger partial charge in [-0.3, -0.25) is 0 Å². The summed E-state index contributed by atoms with van der Waals surface area (Å²) in [5, 5.41) is 12.5. The Labute approximate surface area is 99.3 Å². The van der Waals surface area contributed by atoms with Gasteiger partial charge in [0, 0.05) is 0 Å². The van der Waals surface area contributed by atoms with Crippen molar-refractivity contribution >= 4 is 0 Å². The van der Waals surface area contributed by atoms with Crippen LogP contribution in [0.5, 0.6) is 0 Å². The molecule has 0 bridgehead atoms. The van der Waals surface area contributed by atoms with Gasteiger partial charge in [0.1, 0.15) is 0 Å². The summed E-state index contributed by atoms with van der Waals surface area (Å²) in [7, 11) is 0. The summed E-state index contributed by atoms with van der Waals surface area (Å²) in [5.41, 5.74) is -0.714. The fourth-order valence-electron chi connectivity index (χ4n) is 1.90. The number of nitrogens with one attached hydrogen (secondary N) is 1. The van der Waals surface area contributed by atoms with E-state index in [1.165, 1.54) is 0 Å². The first-order valence-corrected chi connectivity index (χ1v) is 5.90. The third-order valence-corrected chi connectivity index (χ3v) is 3.22. The Morgan fingerprint density at radius 2 is 2.00 bits per heavy atom. The largest absolute Gasteiger partial charge is 0.414 e. The molecule has 1 saturated carbocycles. The van der Waals surface area contributed by atoms with Crippen molar-refractivity contribution in [2.24, 2.45) is 5.92 Å². The van der Waals surface area contributed by atoms with E-state index in [-0.39, 0.29) is 19.1 Å². The Bertz CT molecular complexity index is 243. The highest BCUT2D eigenvalue weighted by molar-refractivity contribution is 5.01. The van der Waals surface area contributed by atoms with Gasteiger partial charge in [-0.15, -0.1) is 0 Å². The Morgan fingerprint density at radius 3 is 2.35 bits per heavy atom. The minimum atomic E-state index is -4.35. The maximum Gasteiger partial charge on any atom is 0.414 e. The molecule has 0 amide bonds. The van der Waals surface area contributed by atoms with E-state index in [0.717, 1.165) is 19.8 Å². The van der Waals surface area contributed by atoms with E-state index >= 15 is 0 Å². The quantitative estimate of drug-likeness (QED) is 0.727. The molecular formula is C11H20F3NO2. The molecule has 2 atom stereocenters. The van der Waals surface area contributed by atoms with Gasteiger partial charge in [0.25, 0.3) is 0 Å². The molecule has 0 radical (unpaired) electrons. The summed E-state index contributed by atoms with van der Waals surface area (Å²) < 4.78 is 41.8. The average molecular weight is 255 g/mol. The van der Waals surface area contributed by atoms with Crippen LogP contribution in [0.25, 0.3) is 0 Å². The molecule has 0 aliphatic heterocycles. The zero-order chi connectivity index (χ0) is 13.1. The first-order valence-electron chi connectivity index (χ1n) is 5.90. The third kappa shape index (κ3) is 3.82. The number of halogens is 3. The van der Waals surface area contributed by atoms with Gasteiger partial charge < -0.3 is 15.2 Å². The van der Waals surface area contributed by atoms with E-state index in [9.17, 15) is 18.3 Å². The van der Waals surface area contributed by atoms with Crippen LogP contribution in [0.4, 0.5) is 13.2 Å². The summed E-state index contributed by atoms with van der Waals surface area (Å²) >= 11 is 0. The van der Waals surface area contributed by atoms with Crippen molar-refractivity contribution in [2.45, 2.75) is 44.5 Å². The summed E-state index contributed by atoms with van der Waals surface area (Å²) in [4.78, 5) is 0. The van der Waals surface area contributed by atoms with Crippen molar-refractivity contribution in [2.75, 3.05) is 19.8 Å². The predicted molar refractivity (Wildman–Crippen MR) is 57.7 cm³/mol. The van der Waals surface area contributed by atoms with Gasteiger partial charge in [-0.05, 0) is 32.2 Å². The molecule has 0 spiro atoms. The van der Waals surface area contributed by atoms with Crippen LogP contribution in [0.1, 0.15) is 26.7 Å². The van der Waals surface area contributed by atoms with Crippen LogP contribution in [0.15, 0.2) is 0 Å². The standard InChI is InChI=1S/C11H20F3NO2/c1-3-15-10(6-16,9-4-5-9)7-17-8(2)11(12,13)14/h8-9,15-16H,3-7H2,1-2H3. The first kappa shape index (κ1) is 14.7. The highest BCUT2D eigenvalue weighted by Crippen LogP contribution is 2.40. The average Bonchev–Trinajstić information content (AvgIpc) is 3.06. The van der Waals surface area contributed by atoms with E-state index in [4.69, 9.17) is 4.74 Å². The van der Waals surface area contributed by atoms with Crippen LogP contribution in [0, 0.1) is 5.92 Å². The second-order valence-electron chi connectivity index (χ2n) is 4.61. The molecule has 1 rings (SSSR count). The van der Waals surface area contributed by atoms with Crippen LogP contribution in [-0.2, 0) is 4.74 Å². The lowest BCUT2D eigenvalue weighted by molar-refractivity contribution is -0.220. The molecule has 6 heteroatoms. The predicted octanol–water partition coefficient (Wildman–Crippen LogP) is 1.70. The van der Waals surface area contributed by atoms with E-state index < -0.39 is 17.8 Å². The second kappa shape index (κ2) is 5.54. The topological polar surface area (TPSA) is 41.5 Å². The van der Waals surface area contributed by atoms with Crippen LogP contribution in [0.3, 0.4) is 0 Å². The number of rotatable bonds is 7. The van der Waals surface area contributed by atoms with Gasteiger partial charge in [-0.2, -0.15) is 13.2 Å². The molecular weight excluding hydrogens is 235 g/mol. The van der Waals surface area contributed by atoms with Gasteiger partial charge in [0.15, 0.2) is 6.10 Å². The zero-order valence-electron chi connectivity index (χ0n) is 10.2. The Morgan fingerprint density at radius 1 is 1.41 bits per heavy atom. The van der Waals surface area contributed by atoms with Crippen LogP contribution in [0.2, 0.25) is 0 Å². The molecule has 0 aromatic rings. The molecule has 1 fully saturated rings. The SMILES string of the molecule is CCNC(CO)(COC(C)C(F)(F)F)C1CC1. The minimum Gasteiger partial charge on any atom is -0.394 e. The molecule has 3 nitrogen and oxygen atoms in total. The van der Waals surface area contributed by atoms with E-state index in [2.05, 4.69) is 5.32 Å². The fourth-order valence-corrected chi connectivity index (χ4v) is 1.90. The molecule has 0 aromatic carbocycles. The molecule has 102 valence electrons. The van der Waals surface area contributed by atoms with Crippen LogP contribution in [-0.4, -0.2) is 42.7 Å². The zero-order valence-corrected chi connectivity index (χ0v) is 10.2. The molecule has 0 aromatic heterocycles. The third-order valence-electron chi connectivity index (χ3n) is 3.22. The van der Waals surface area contributed by atoms with Gasteiger partial charge in [0.05, 0.1) is 18.8 Å². The highest BCUT2D eigenvalue weighted by Gasteiger charge is 2.46. The van der Waals surface area contributed by atoms with Crippen molar-refractivity contribution in [3.05, 3.63) is 0 Å². The van der Waals surface area contributed by atoms with Crippen LogP contribution < -0.4 is 5.32 Å². The van der Waals surface area contributed by atoms with Gasteiger partial charge >= 0.3 is 6.18 Å². The maximum absolute atomic E-state index is 12.3. The minimum absolute atomic E-state index is 0.108. The number of aliphatic hydroxyl groups is 1. The van der Waals surface area contributed by atoms with E-state index in [1.54, 1.807) is 0 Å².